The molecule has 1 saturated carbocycles. The van der Waals surface area contributed by atoms with Crippen LogP contribution in [0.4, 0.5) is 15.1 Å². The first-order valence-electron chi connectivity index (χ1n) is 9.22. The molecular weight excluding hydrogens is 377 g/mol. The van der Waals surface area contributed by atoms with Crippen LogP contribution in [0.1, 0.15) is 19.3 Å². The fraction of sp³-hybridized carbons (Fsp3) is 0.200. The van der Waals surface area contributed by atoms with Gasteiger partial charge in [0, 0.05) is 10.9 Å². The van der Waals surface area contributed by atoms with Crippen LogP contribution in [-0.2, 0) is 4.74 Å². The summed E-state index contributed by atoms with van der Waals surface area (Å²) < 4.78 is 19.0. The monoisotopic (exact) mass is 393 g/mol. The van der Waals surface area contributed by atoms with Gasteiger partial charge in [-0.15, -0.1) is 0 Å². The number of imidazole rings is 1. The lowest BCUT2D eigenvalue weighted by molar-refractivity contribution is 0.0623. The quantitative estimate of drug-likeness (QED) is 0.491. The number of hydrogen-bond acceptors (Lipinski definition) is 5. The number of nitrogens with one attached hydrogen (secondary N) is 3. The highest BCUT2D eigenvalue weighted by molar-refractivity contribution is 5.96. The molecule has 29 heavy (non-hydrogen) atoms. The van der Waals surface area contributed by atoms with Gasteiger partial charge in [0.25, 0.3) is 5.56 Å². The number of halogens is 1. The lowest BCUT2D eigenvalue weighted by atomic mass is 9.96. The van der Waals surface area contributed by atoms with Crippen molar-refractivity contribution in [3.63, 3.8) is 0 Å². The molecule has 1 fully saturated rings. The lowest BCUT2D eigenvalue weighted by Gasteiger charge is -2.24. The highest BCUT2D eigenvalue weighted by atomic mass is 19.1. The summed E-state index contributed by atoms with van der Waals surface area (Å²) >= 11 is 0. The van der Waals surface area contributed by atoms with Gasteiger partial charge < -0.3 is 9.72 Å². The molecule has 9 heteroatoms. The largest absolute Gasteiger partial charge is 0.446 e. The first-order valence-corrected chi connectivity index (χ1v) is 9.22. The van der Waals surface area contributed by atoms with E-state index in [0.29, 0.717) is 33.1 Å². The second-order valence-corrected chi connectivity index (χ2v) is 6.99. The Morgan fingerprint density at radius 2 is 2.03 bits per heavy atom. The molecule has 3 N–H and O–H groups in total. The van der Waals surface area contributed by atoms with Crippen molar-refractivity contribution in [1.82, 2.24) is 20.2 Å². The Labute approximate surface area is 163 Å². The maximum atomic E-state index is 13.8. The Morgan fingerprint density at radius 1 is 1.17 bits per heavy atom. The fourth-order valence-corrected chi connectivity index (χ4v) is 3.34. The molecular formula is C20H16FN5O3. The number of nitrogens with zero attached hydrogens (tertiary/aromatic N) is 2. The van der Waals surface area contributed by atoms with E-state index in [9.17, 15) is 14.0 Å². The van der Waals surface area contributed by atoms with E-state index in [-0.39, 0.29) is 17.6 Å². The van der Waals surface area contributed by atoms with E-state index < -0.39 is 11.9 Å². The van der Waals surface area contributed by atoms with Crippen molar-refractivity contribution in [1.29, 1.82) is 0 Å². The number of H-pyrrole nitrogens is 2. The second kappa shape index (κ2) is 6.69. The minimum Gasteiger partial charge on any atom is -0.446 e. The van der Waals surface area contributed by atoms with Crippen LogP contribution >= 0.6 is 0 Å². The first-order chi connectivity index (χ1) is 14.1. The van der Waals surface area contributed by atoms with E-state index in [1.54, 1.807) is 18.2 Å². The molecule has 1 amide bonds. The standard InChI is InChI=1S/C20H16FN5O3/c21-11-5-6-13-14(9-11)17(25-26-18(13)27)10-4-7-15-16(8-10)23-19(22-15)24-20(28)29-12-2-1-3-12/h4-9,12H,1-3H2,(H,26,27)(H2,22,23,24,28). The van der Waals surface area contributed by atoms with Crippen molar-refractivity contribution in [2.75, 3.05) is 5.32 Å². The van der Waals surface area contributed by atoms with Crippen molar-refractivity contribution in [3.8, 4) is 11.3 Å². The summed E-state index contributed by atoms with van der Waals surface area (Å²) in [4.78, 5) is 31.2. The number of hydrogen-bond donors (Lipinski definition) is 3. The smallest absolute Gasteiger partial charge is 0.414 e. The molecule has 2 aromatic carbocycles. The van der Waals surface area contributed by atoms with Crippen LogP contribution in [0.25, 0.3) is 33.1 Å². The van der Waals surface area contributed by atoms with Gasteiger partial charge in [0.2, 0.25) is 5.95 Å². The Bertz CT molecular complexity index is 1310. The predicted octanol–water partition coefficient (Wildman–Crippen LogP) is 3.71. The van der Waals surface area contributed by atoms with Gasteiger partial charge >= 0.3 is 6.09 Å². The fourth-order valence-electron chi connectivity index (χ4n) is 3.34. The van der Waals surface area contributed by atoms with Crippen molar-refractivity contribution in [3.05, 3.63) is 52.6 Å². The molecule has 5 rings (SSSR count). The minimum atomic E-state index is -0.544. The summed E-state index contributed by atoms with van der Waals surface area (Å²) in [5.41, 5.74) is 2.00. The topological polar surface area (TPSA) is 113 Å². The molecule has 0 atom stereocenters. The Balaban J connectivity index is 1.49. The number of amides is 1. The van der Waals surface area contributed by atoms with Gasteiger partial charge in [-0.1, -0.05) is 6.07 Å². The summed E-state index contributed by atoms with van der Waals surface area (Å²) in [6.45, 7) is 0. The number of fused-ring (bicyclic) bond motifs is 2. The summed E-state index contributed by atoms with van der Waals surface area (Å²) in [5, 5.41) is 9.90. The Kier molecular flexibility index (Phi) is 4.01. The zero-order valence-corrected chi connectivity index (χ0v) is 15.2. The minimum absolute atomic E-state index is 0.0223. The van der Waals surface area contributed by atoms with Crippen LogP contribution in [0.5, 0.6) is 0 Å². The molecule has 4 aromatic rings. The van der Waals surface area contributed by atoms with Crippen LogP contribution in [0, 0.1) is 5.82 Å². The molecule has 0 spiro atoms. The molecule has 1 aliphatic carbocycles. The maximum Gasteiger partial charge on any atom is 0.414 e. The van der Waals surface area contributed by atoms with Gasteiger partial charge in [0.1, 0.15) is 11.9 Å². The summed E-state index contributed by atoms with van der Waals surface area (Å²) in [6, 6.07) is 9.24. The molecule has 0 bridgehead atoms. The van der Waals surface area contributed by atoms with Crippen LogP contribution < -0.4 is 10.9 Å². The van der Waals surface area contributed by atoms with Gasteiger partial charge in [0.15, 0.2) is 0 Å². The molecule has 0 saturated heterocycles. The van der Waals surface area contributed by atoms with E-state index in [2.05, 4.69) is 25.5 Å². The maximum absolute atomic E-state index is 13.8. The van der Waals surface area contributed by atoms with E-state index in [1.165, 1.54) is 18.2 Å². The molecule has 8 nitrogen and oxygen atoms in total. The molecule has 2 heterocycles. The zero-order valence-electron chi connectivity index (χ0n) is 15.2. The second-order valence-electron chi connectivity index (χ2n) is 6.99. The Morgan fingerprint density at radius 3 is 2.83 bits per heavy atom. The first kappa shape index (κ1) is 17.4. The van der Waals surface area contributed by atoms with Gasteiger partial charge in [-0.2, -0.15) is 5.10 Å². The number of ether oxygens (including phenoxy) is 1. The number of carbonyl (C=O) groups is 1. The Hall–Kier alpha value is -3.75. The molecule has 2 aromatic heterocycles. The SMILES string of the molecule is O=C(Nc1nc2ccc(-c3n[nH]c(=O)c4ccc(F)cc34)cc2[nH]1)OC1CCC1. The van der Waals surface area contributed by atoms with Crippen LogP contribution in [0.2, 0.25) is 0 Å². The molecule has 0 radical (unpaired) electrons. The number of aromatic amines is 2. The van der Waals surface area contributed by atoms with Crippen molar-refractivity contribution < 1.29 is 13.9 Å². The van der Waals surface area contributed by atoms with Crippen molar-refractivity contribution in [2.24, 2.45) is 0 Å². The normalized spacial score (nSPS) is 14.1. The van der Waals surface area contributed by atoms with Gasteiger partial charge in [-0.05, 0) is 49.6 Å². The average Bonchev–Trinajstić information content (AvgIpc) is 3.06. The van der Waals surface area contributed by atoms with Crippen LogP contribution in [0.3, 0.4) is 0 Å². The average molecular weight is 393 g/mol. The summed E-state index contributed by atoms with van der Waals surface area (Å²) in [5.74, 6) is -0.183. The van der Waals surface area contributed by atoms with Gasteiger partial charge in [-0.3, -0.25) is 10.1 Å². The van der Waals surface area contributed by atoms with Crippen molar-refractivity contribution in [2.45, 2.75) is 25.4 Å². The number of carbonyl (C=O) groups excluding carboxylic acids is 1. The molecule has 0 aliphatic heterocycles. The van der Waals surface area contributed by atoms with Crippen molar-refractivity contribution >= 4 is 33.8 Å². The number of aromatic nitrogens is 4. The molecule has 0 unspecified atom stereocenters. The lowest BCUT2D eigenvalue weighted by Crippen LogP contribution is -2.28. The zero-order chi connectivity index (χ0) is 20.0. The van der Waals surface area contributed by atoms with E-state index in [1.807, 2.05) is 0 Å². The van der Waals surface area contributed by atoms with Gasteiger partial charge in [-0.25, -0.2) is 19.3 Å². The molecule has 1 aliphatic rings. The number of rotatable bonds is 3. The number of anilines is 1. The third kappa shape index (κ3) is 3.20. The molecule has 146 valence electrons. The summed E-state index contributed by atoms with van der Waals surface area (Å²) in [6.07, 6.45) is 2.28. The third-order valence-electron chi connectivity index (χ3n) is 5.05. The van der Waals surface area contributed by atoms with Crippen LogP contribution in [0.15, 0.2) is 41.2 Å². The predicted molar refractivity (Wildman–Crippen MR) is 105 cm³/mol. The van der Waals surface area contributed by atoms with E-state index in [4.69, 9.17) is 4.74 Å². The van der Waals surface area contributed by atoms with E-state index >= 15 is 0 Å². The third-order valence-corrected chi connectivity index (χ3v) is 5.05. The summed E-state index contributed by atoms with van der Waals surface area (Å²) in [7, 11) is 0. The van der Waals surface area contributed by atoms with Gasteiger partial charge in [0.05, 0.1) is 22.1 Å². The highest BCUT2D eigenvalue weighted by Crippen LogP contribution is 2.28. The number of benzene rings is 2. The highest BCUT2D eigenvalue weighted by Gasteiger charge is 2.22. The van der Waals surface area contributed by atoms with Crippen LogP contribution in [-0.4, -0.2) is 32.4 Å². The van der Waals surface area contributed by atoms with E-state index in [0.717, 1.165) is 19.3 Å².